The first-order valence-corrected chi connectivity index (χ1v) is 6.26. The number of aromatic amines is 1. The van der Waals surface area contributed by atoms with Crippen molar-refractivity contribution in [2.45, 2.75) is 25.3 Å². The van der Waals surface area contributed by atoms with Gasteiger partial charge in [-0.3, -0.25) is 4.79 Å². The van der Waals surface area contributed by atoms with Crippen molar-refractivity contribution in [3.8, 4) is 6.07 Å². The molecule has 2 aromatic heterocycles. The normalized spacial score (nSPS) is 22.3. The van der Waals surface area contributed by atoms with Crippen LogP contribution in [0.1, 0.15) is 19.3 Å². The lowest BCUT2D eigenvalue weighted by Crippen LogP contribution is -2.18. The maximum atomic E-state index is 11.6. The average Bonchev–Trinajstić information content (AvgIpc) is 2.88. The Morgan fingerprint density at radius 3 is 3.11 bits per heavy atom. The summed E-state index contributed by atoms with van der Waals surface area (Å²) < 4.78 is 0. The van der Waals surface area contributed by atoms with E-state index >= 15 is 0 Å². The summed E-state index contributed by atoms with van der Waals surface area (Å²) in [5, 5.41) is 12.9. The van der Waals surface area contributed by atoms with Crippen LogP contribution in [0, 0.1) is 17.2 Å². The van der Waals surface area contributed by atoms with Gasteiger partial charge in [-0.15, -0.1) is 0 Å². The fourth-order valence-corrected chi connectivity index (χ4v) is 2.54. The molecule has 96 valence electrons. The molecule has 0 aromatic carbocycles. The summed E-state index contributed by atoms with van der Waals surface area (Å²) in [5.74, 6) is 0.786. The maximum absolute atomic E-state index is 11.6. The van der Waals surface area contributed by atoms with E-state index < -0.39 is 0 Å². The number of nitrogens with zero attached hydrogens (tertiary/aromatic N) is 3. The molecule has 1 aliphatic carbocycles. The highest BCUT2D eigenvalue weighted by Crippen LogP contribution is 2.28. The highest BCUT2D eigenvalue weighted by atomic mass is 16.1. The lowest BCUT2D eigenvalue weighted by molar-refractivity contribution is 0.683. The van der Waals surface area contributed by atoms with E-state index in [1.807, 2.05) is 0 Å². The van der Waals surface area contributed by atoms with Gasteiger partial charge < -0.3 is 10.3 Å². The second-order valence-corrected chi connectivity index (χ2v) is 4.77. The van der Waals surface area contributed by atoms with Gasteiger partial charge in [-0.05, 0) is 25.3 Å². The van der Waals surface area contributed by atoms with Crippen molar-refractivity contribution in [1.82, 2.24) is 15.0 Å². The van der Waals surface area contributed by atoms with Crippen LogP contribution in [-0.4, -0.2) is 21.0 Å². The van der Waals surface area contributed by atoms with Gasteiger partial charge in [-0.1, -0.05) is 0 Å². The first-order valence-electron chi connectivity index (χ1n) is 6.26. The second kappa shape index (κ2) is 4.69. The van der Waals surface area contributed by atoms with Crippen LogP contribution in [0.15, 0.2) is 23.4 Å². The van der Waals surface area contributed by atoms with Crippen molar-refractivity contribution < 1.29 is 0 Å². The Labute approximate surface area is 109 Å². The molecule has 0 radical (unpaired) electrons. The predicted octanol–water partition coefficient (Wildman–Crippen LogP) is 1.42. The van der Waals surface area contributed by atoms with E-state index in [0.717, 1.165) is 19.3 Å². The smallest absolute Gasteiger partial charge is 0.274 e. The number of H-pyrrole nitrogens is 1. The van der Waals surface area contributed by atoms with Crippen LogP contribution in [0.4, 0.5) is 5.82 Å². The minimum Gasteiger partial charge on any atom is -0.367 e. The van der Waals surface area contributed by atoms with Crippen molar-refractivity contribution in [3.63, 3.8) is 0 Å². The zero-order chi connectivity index (χ0) is 13.2. The van der Waals surface area contributed by atoms with Gasteiger partial charge in [0.05, 0.1) is 6.07 Å². The summed E-state index contributed by atoms with van der Waals surface area (Å²) in [7, 11) is 0. The van der Waals surface area contributed by atoms with Gasteiger partial charge in [-0.25, -0.2) is 9.97 Å². The minimum atomic E-state index is -0.218. The number of aromatic nitrogens is 3. The fraction of sp³-hybridized carbons (Fsp3) is 0.385. The molecule has 0 spiro atoms. The minimum absolute atomic E-state index is 0.119. The zero-order valence-corrected chi connectivity index (χ0v) is 10.3. The van der Waals surface area contributed by atoms with E-state index in [9.17, 15) is 4.79 Å². The first-order chi connectivity index (χ1) is 9.28. The van der Waals surface area contributed by atoms with Crippen molar-refractivity contribution >= 4 is 16.7 Å². The second-order valence-electron chi connectivity index (χ2n) is 4.77. The number of nitrogens with one attached hydrogen (secondary N) is 2. The van der Waals surface area contributed by atoms with Crippen molar-refractivity contribution in [2.24, 2.45) is 5.92 Å². The lowest BCUT2D eigenvalue weighted by Gasteiger charge is -2.13. The fourth-order valence-electron chi connectivity index (χ4n) is 2.54. The van der Waals surface area contributed by atoms with E-state index in [-0.39, 0.29) is 17.5 Å². The summed E-state index contributed by atoms with van der Waals surface area (Å²) in [6, 6.07) is 4.32. The summed E-state index contributed by atoms with van der Waals surface area (Å²) in [6.07, 6.45) is 5.67. The molecule has 2 atom stereocenters. The predicted molar refractivity (Wildman–Crippen MR) is 70.5 cm³/mol. The summed E-state index contributed by atoms with van der Waals surface area (Å²) in [6.45, 7) is 0. The van der Waals surface area contributed by atoms with Crippen LogP contribution in [0.3, 0.4) is 0 Å². The average molecular weight is 255 g/mol. The van der Waals surface area contributed by atoms with Crippen LogP contribution in [-0.2, 0) is 0 Å². The topological polar surface area (TPSA) is 94.5 Å². The van der Waals surface area contributed by atoms with Crippen LogP contribution in [0.5, 0.6) is 0 Å². The van der Waals surface area contributed by atoms with Crippen LogP contribution >= 0.6 is 0 Å². The quantitative estimate of drug-likeness (QED) is 0.846. The third-order valence-corrected chi connectivity index (χ3v) is 3.52. The molecule has 2 N–H and O–H groups in total. The molecule has 2 heterocycles. The number of fused-ring (bicyclic) bond motifs is 1. The molecular weight excluding hydrogens is 242 g/mol. The Balaban J connectivity index is 1.92. The van der Waals surface area contributed by atoms with Crippen LogP contribution in [0.25, 0.3) is 10.9 Å². The van der Waals surface area contributed by atoms with Gasteiger partial charge in [-0.2, -0.15) is 5.26 Å². The van der Waals surface area contributed by atoms with Gasteiger partial charge in [0.1, 0.15) is 17.7 Å². The summed E-state index contributed by atoms with van der Waals surface area (Å²) in [5.41, 5.74) is 0.166. The third kappa shape index (κ3) is 2.15. The first kappa shape index (κ1) is 11.7. The van der Waals surface area contributed by atoms with Gasteiger partial charge in [0.15, 0.2) is 0 Å². The van der Waals surface area contributed by atoms with Crippen molar-refractivity contribution in [2.75, 3.05) is 5.32 Å². The molecule has 6 heteroatoms. The largest absolute Gasteiger partial charge is 0.367 e. The van der Waals surface area contributed by atoms with Crippen LogP contribution < -0.4 is 10.9 Å². The highest BCUT2D eigenvalue weighted by molar-refractivity contribution is 5.87. The Hall–Kier alpha value is -2.42. The summed E-state index contributed by atoms with van der Waals surface area (Å²) >= 11 is 0. The molecule has 0 bridgehead atoms. The van der Waals surface area contributed by atoms with Crippen molar-refractivity contribution in [3.05, 3.63) is 28.9 Å². The number of hydrogen-bond donors (Lipinski definition) is 2. The number of nitriles is 1. The maximum Gasteiger partial charge on any atom is 0.274 e. The van der Waals surface area contributed by atoms with E-state index in [1.54, 1.807) is 12.3 Å². The number of rotatable bonds is 2. The molecule has 2 aromatic rings. The van der Waals surface area contributed by atoms with Crippen molar-refractivity contribution in [1.29, 1.82) is 5.26 Å². The Morgan fingerprint density at radius 1 is 1.42 bits per heavy atom. The molecule has 0 saturated heterocycles. The van der Waals surface area contributed by atoms with Gasteiger partial charge in [0.2, 0.25) is 0 Å². The number of hydrogen-bond acceptors (Lipinski definition) is 5. The molecular formula is C13H13N5O. The molecule has 3 rings (SSSR count). The van der Waals surface area contributed by atoms with Gasteiger partial charge in [0.25, 0.3) is 5.56 Å². The Kier molecular flexibility index (Phi) is 2.88. The monoisotopic (exact) mass is 255 g/mol. The van der Waals surface area contributed by atoms with E-state index in [4.69, 9.17) is 5.26 Å². The molecule has 0 amide bonds. The standard InChI is InChI=1S/C13H13N5O/c14-6-8-1-2-9(5-8)18-12-10-3-4-15-13(19)11(10)16-7-17-12/h3-4,7-9H,1-2,5H2,(H,15,19)(H,16,17,18)/t8-,9+/m0/s1. The molecule has 1 fully saturated rings. The Bertz CT molecular complexity index is 702. The molecule has 0 unspecified atom stereocenters. The molecule has 1 saturated carbocycles. The lowest BCUT2D eigenvalue weighted by atomic mass is 10.1. The highest BCUT2D eigenvalue weighted by Gasteiger charge is 2.25. The molecule has 1 aliphatic rings. The van der Waals surface area contributed by atoms with E-state index in [1.165, 1.54) is 6.33 Å². The van der Waals surface area contributed by atoms with E-state index in [2.05, 4.69) is 26.3 Å². The van der Waals surface area contributed by atoms with Gasteiger partial charge in [0, 0.05) is 23.5 Å². The van der Waals surface area contributed by atoms with Crippen LogP contribution in [0.2, 0.25) is 0 Å². The Morgan fingerprint density at radius 2 is 2.32 bits per heavy atom. The molecule has 0 aliphatic heterocycles. The number of pyridine rings is 1. The third-order valence-electron chi connectivity index (χ3n) is 3.52. The number of anilines is 1. The summed E-state index contributed by atoms with van der Waals surface area (Å²) in [4.78, 5) is 22.4. The molecule has 6 nitrogen and oxygen atoms in total. The SMILES string of the molecule is N#C[C@H]1CC[C@@H](Nc2ncnc3c(=O)[nH]ccc23)C1. The molecule has 19 heavy (non-hydrogen) atoms. The van der Waals surface area contributed by atoms with E-state index in [0.29, 0.717) is 16.7 Å². The van der Waals surface area contributed by atoms with Gasteiger partial charge >= 0.3 is 0 Å². The zero-order valence-electron chi connectivity index (χ0n) is 10.3.